The number of anilines is 2. The number of rotatable bonds is 6. The number of benzene rings is 2. The van der Waals surface area contributed by atoms with E-state index in [2.05, 4.69) is 15.6 Å². The van der Waals surface area contributed by atoms with Crippen molar-refractivity contribution in [2.45, 2.75) is 32.5 Å². The third-order valence-electron chi connectivity index (χ3n) is 5.20. The Morgan fingerprint density at radius 2 is 2.12 bits per heavy atom. The van der Waals surface area contributed by atoms with Gasteiger partial charge in [0.15, 0.2) is 0 Å². The number of hydrogen-bond acceptors (Lipinski definition) is 4. The van der Waals surface area contributed by atoms with Crippen molar-refractivity contribution in [2.24, 2.45) is 0 Å². The standard InChI is InChI=1S/C24H22ClFN4O3/c1-14-5-8-18(33-13-21-19(26)4-3-9-27-21)11-22(14)30-12-17-7-6-16(23(31)28-15(2)25)10-20(17)29-24(30)32/h3-11,15H,12-13H2,1-2H3,(H,28,31)(H,29,32). The smallest absolute Gasteiger partial charge is 0.326 e. The summed E-state index contributed by atoms with van der Waals surface area (Å²) >= 11 is 5.83. The predicted octanol–water partition coefficient (Wildman–Crippen LogP) is 4.97. The van der Waals surface area contributed by atoms with E-state index >= 15 is 0 Å². The number of aryl methyl sites for hydroxylation is 1. The van der Waals surface area contributed by atoms with E-state index in [-0.39, 0.29) is 24.2 Å². The van der Waals surface area contributed by atoms with Crippen molar-refractivity contribution in [1.82, 2.24) is 10.3 Å². The quantitative estimate of drug-likeness (QED) is 0.395. The first-order valence-electron chi connectivity index (χ1n) is 10.3. The van der Waals surface area contributed by atoms with Crippen molar-refractivity contribution in [3.63, 3.8) is 0 Å². The van der Waals surface area contributed by atoms with Crippen LogP contribution in [0.1, 0.15) is 34.1 Å². The van der Waals surface area contributed by atoms with Crippen LogP contribution in [0.25, 0.3) is 0 Å². The maximum atomic E-state index is 13.8. The molecule has 0 saturated carbocycles. The number of fused-ring (bicyclic) bond motifs is 1. The summed E-state index contributed by atoms with van der Waals surface area (Å²) in [4.78, 5) is 30.7. The van der Waals surface area contributed by atoms with E-state index in [1.54, 1.807) is 42.2 Å². The minimum Gasteiger partial charge on any atom is -0.487 e. The Morgan fingerprint density at radius 1 is 1.30 bits per heavy atom. The lowest BCUT2D eigenvalue weighted by molar-refractivity contribution is 0.0951. The normalized spacial score (nSPS) is 13.7. The number of urea groups is 1. The molecule has 0 saturated heterocycles. The minimum absolute atomic E-state index is 0.0318. The fraction of sp³-hybridized carbons (Fsp3) is 0.208. The van der Waals surface area contributed by atoms with Crippen LogP contribution in [0.3, 0.4) is 0 Å². The van der Waals surface area contributed by atoms with Crippen LogP contribution < -0.4 is 20.3 Å². The van der Waals surface area contributed by atoms with Crippen LogP contribution in [0.2, 0.25) is 0 Å². The van der Waals surface area contributed by atoms with Crippen LogP contribution in [0.15, 0.2) is 54.7 Å². The van der Waals surface area contributed by atoms with Crippen LogP contribution in [-0.2, 0) is 13.2 Å². The van der Waals surface area contributed by atoms with Gasteiger partial charge in [-0.2, -0.15) is 0 Å². The van der Waals surface area contributed by atoms with Gasteiger partial charge in [0.1, 0.15) is 29.4 Å². The Kier molecular flexibility index (Phi) is 6.46. The molecule has 0 spiro atoms. The first-order chi connectivity index (χ1) is 15.8. The third-order valence-corrected chi connectivity index (χ3v) is 5.31. The van der Waals surface area contributed by atoms with Crippen LogP contribution in [0.4, 0.5) is 20.6 Å². The Balaban J connectivity index is 1.54. The fourth-order valence-corrected chi connectivity index (χ4v) is 3.60. The van der Waals surface area contributed by atoms with Crippen molar-refractivity contribution >= 4 is 34.9 Å². The molecular formula is C24H22ClFN4O3. The number of ether oxygens (including phenoxy) is 1. The van der Waals surface area contributed by atoms with E-state index in [0.717, 1.165) is 11.1 Å². The highest BCUT2D eigenvalue weighted by molar-refractivity contribution is 6.21. The minimum atomic E-state index is -0.509. The van der Waals surface area contributed by atoms with Crippen LogP contribution in [-0.4, -0.2) is 22.4 Å². The molecule has 4 rings (SSSR count). The first-order valence-corrected chi connectivity index (χ1v) is 10.7. The Morgan fingerprint density at radius 3 is 2.88 bits per heavy atom. The van der Waals surface area contributed by atoms with Gasteiger partial charge in [-0.3, -0.25) is 14.7 Å². The van der Waals surface area contributed by atoms with Gasteiger partial charge in [-0.05, 0) is 55.3 Å². The van der Waals surface area contributed by atoms with Gasteiger partial charge in [0, 0.05) is 23.5 Å². The zero-order valence-corrected chi connectivity index (χ0v) is 18.8. The Labute approximate surface area is 195 Å². The fourth-order valence-electron chi connectivity index (χ4n) is 3.50. The SMILES string of the molecule is Cc1ccc(OCc2ncccc2F)cc1N1Cc2ccc(C(=O)NC(C)Cl)cc2NC1=O. The number of pyridine rings is 1. The van der Waals surface area contributed by atoms with E-state index < -0.39 is 11.3 Å². The molecule has 3 aromatic rings. The molecule has 33 heavy (non-hydrogen) atoms. The van der Waals surface area contributed by atoms with E-state index in [9.17, 15) is 14.0 Å². The molecule has 1 unspecified atom stereocenters. The topological polar surface area (TPSA) is 83.6 Å². The highest BCUT2D eigenvalue weighted by Crippen LogP contribution is 2.32. The molecule has 170 valence electrons. The molecule has 3 amide bonds. The number of carbonyl (C=O) groups excluding carboxylic acids is 2. The number of halogens is 2. The summed E-state index contributed by atoms with van der Waals surface area (Å²) in [6, 6.07) is 13.0. The van der Waals surface area contributed by atoms with E-state index in [4.69, 9.17) is 16.3 Å². The van der Waals surface area contributed by atoms with E-state index in [1.807, 2.05) is 13.0 Å². The number of alkyl halides is 1. The van der Waals surface area contributed by atoms with Gasteiger partial charge in [0.2, 0.25) is 0 Å². The van der Waals surface area contributed by atoms with Gasteiger partial charge >= 0.3 is 6.03 Å². The number of nitrogens with one attached hydrogen (secondary N) is 2. The number of aromatic nitrogens is 1. The largest absolute Gasteiger partial charge is 0.487 e. The number of nitrogens with zero attached hydrogens (tertiary/aromatic N) is 2. The molecule has 0 radical (unpaired) electrons. The van der Waals surface area contributed by atoms with Gasteiger partial charge in [-0.25, -0.2) is 9.18 Å². The van der Waals surface area contributed by atoms with Gasteiger partial charge in [0.25, 0.3) is 5.91 Å². The van der Waals surface area contributed by atoms with Crippen molar-refractivity contribution < 1.29 is 18.7 Å². The van der Waals surface area contributed by atoms with Gasteiger partial charge in [0.05, 0.1) is 12.2 Å². The lowest BCUT2D eigenvalue weighted by Crippen LogP contribution is -2.39. The van der Waals surface area contributed by atoms with E-state index in [1.165, 1.54) is 18.3 Å². The summed E-state index contributed by atoms with van der Waals surface area (Å²) in [5, 5.41) is 5.46. The average molecular weight is 469 g/mol. The molecule has 1 aromatic heterocycles. The first kappa shape index (κ1) is 22.5. The molecule has 2 N–H and O–H groups in total. The lowest BCUT2D eigenvalue weighted by Gasteiger charge is -2.31. The molecule has 1 atom stereocenters. The molecule has 9 heteroatoms. The van der Waals surface area contributed by atoms with Gasteiger partial charge in [-0.15, -0.1) is 0 Å². The van der Waals surface area contributed by atoms with Crippen molar-refractivity contribution in [3.05, 3.63) is 82.9 Å². The molecule has 1 aliphatic heterocycles. The maximum absolute atomic E-state index is 13.8. The summed E-state index contributed by atoms with van der Waals surface area (Å²) in [7, 11) is 0. The second kappa shape index (κ2) is 9.46. The average Bonchev–Trinajstić information content (AvgIpc) is 2.78. The Hall–Kier alpha value is -3.65. The summed E-state index contributed by atoms with van der Waals surface area (Å²) in [6.07, 6.45) is 1.50. The molecule has 7 nitrogen and oxygen atoms in total. The van der Waals surface area contributed by atoms with Crippen molar-refractivity contribution in [1.29, 1.82) is 0 Å². The molecule has 0 aliphatic carbocycles. The summed E-state index contributed by atoms with van der Waals surface area (Å²) in [5.74, 6) is -0.270. The number of carbonyl (C=O) groups is 2. The maximum Gasteiger partial charge on any atom is 0.326 e. The molecular weight excluding hydrogens is 447 g/mol. The predicted molar refractivity (Wildman–Crippen MR) is 124 cm³/mol. The van der Waals surface area contributed by atoms with Gasteiger partial charge < -0.3 is 15.4 Å². The highest BCUT2D eigenvalue weighted by atomic mass is 35.5. The zero-order chi connectivity index (χ0) is 23.5. The molecule has 2 heterocycles. The van der Waals surface area contributed by atoms with Crippen LogP contribution in [0, 0.1) is 12.7 Å². The van der Waals surface area contributed by atoms with Crippen LogP contribution in [0.5, 0.6) is 5.75 Å². The lowest BCUT2D eigenvalue weighted by atomic mass is 10.0. The summed E-state index contributed by atoms with van der Waals surface area (Å²) in [5.41, 5.74) is 3.06. The number of hydrogen-bond donors (Lipinski definition) is 2. The van der Waals surface area contributed by atoms with E-state index in [0.29, 0.717) is 29.2 Å². The molecule has 2 aromatic carbocycles. The monoisotopic (exact) mass is 468 g/mol. The van der Waals surface area contributed by atoms with Crippen molar-refractivity contribution in [2.75, 3.05) is 10.2 Å². The summed E-state index contributed by atoms with van der Waals surface area (Å²) in [6.45, 7) is 3.83. The Bertz CT molecular complexity index is 1220. The number of amides is 3. The third kappa shape index (κ3) is 5.06. The zero-order valence-electron chi connectivity index (χ0n) is 18.1. The second-order valence-electron chi connectivity index (χ2n) is 7.65. The van der Waals surface area contributed by atoms with Crippen LogP contribution >= 0.6 is 11.6 Å². The van der Waals surface area contributed by atoms with Gasteiger partial charge in [-0.1, -0.05) is 23.7 Å². The molecule has 0 fully saturated rings. The second-order valence-corrected chi connectivity index (χ2v) is 8.30. The molecule has 0 bridgehead atoms. The summed E-state index contributed by atoms with van der Waals surface area (Å²) < 4.78 is 19.5. The van der Waals surface area contributed by atoms with Crippen molar-refractivity contribution in [3.8, 4) is 5.75 Å². The molecule has 1 aliphatic rings. The highest BCUT2D eigenvalue weighted by Gasteiger charge is 2.26.